The van der Waals surface area contributed by atoms with Crippen LogP contribution >= 0.6 is 0 Å². The molecule has 0 spiro atoms. The number of nitrogens with zero attached hydrogens (tertiary/aromatic N) is 2. The number of nitrogens with two attached hydrogens (primary N) is 2. The van der Waals surface area contributed by atoms with Crippen molar-refractivity contribution in [2.75, 3.05) is 5.73 Å². The molecule has 1 heterocycles. The number of carbonyl (C=O) groups excluding carboxylic acids is 2. The van der Waals surface area contributed by atoms with Crippen LogP contribution in [-0.2, 0) is 18.3 Å². The van der Waals surface area contributed by atoms with Gasteiger partial charge < -0.3 is 16.8 Å². The fourth-order valence-corrected chi connectivity index (χ4v) is 1.97. The topological polar surface area (TPSA) is 116 Å². The summed E-state index contributed by atoms with van der Waals surface area (Å²) in [5, 5.41) is 6.92. The Hall–Kier alpha value is -2.05. The molecule has 19 heavy (non-hydrogen) atoms. The summed E-state index contributed by atoms with van der Waals surface area (Å²) in [6.45, 7) is 5.36. The molecule has 0 saturated heterocycles. The molecule has 7 heteroatoms. The van der Waals surface area contributed by atoms with E-state index in [-0.39, 0.29) is 12.3 Å². The Morgan fingerprint density at radius 2 is 2.00 bits per heavy atom. The van der Waals surface area contributed by atoms with Gasteiger partial charge in [0, 0.05) is 19.0 Å². The number of hydrogen-bond donors (Lipinski definition) is 3. The van der Waals surface area contributed by atoms with E-state index in [9.17, 15) is 9.59 Å². The fourth-order valence-electron chi connectivity index (χ4n) is 1.97. The van der Waals surface area contributed by atoms with E-state index in [4.69, 9.17) is 11.5 Å². The molecule has 106 valence electrons. The minimum Gasteiger partial charge on any atom is -0.395 e. The molecule has 0 bridgehead atoms. The van der Waals surface area contributed by atoms with Gasteiger partial charge in [-0.05, 0) is 20.3 Å². The standard InChI is InChI=1S/C12H21N5O2/c1-5-7-9(14)10(17(4)16-7)11(19)15-12(2,3)6-8(13)18/h5-6,14H2,1-4H3,(H2,13,18)(H,15,19). The Morgan fingerprint density at radius 1 is 1.42 bits per heavy atom. The largest absolute Gasteiger partial charge is 0.395 e. The molecule has 0 atom stereocenters. The van der Waals surface area contributed by atoms with Gasteiger partial charge in [0.15, 0.2) is 0 Å². The Morgan fingerprint density at radius 3 is 2.42 bits per heavy atom. The molecule has 7 nitrogen and oxygen atoms in total. The third kappa shape index (κ3) is 3.46. The summed E-state index contributed by atoms with van der Waals surface area (Å²) < 4.78 is 1.45. The maximum atomic E-state index is 12.2. The maximum Gasteiger partial charge on any atom is 0.272 e. The summed E-state index contributed by atoms with van der Waals surface area (Å²) in [5.41, 5.74) is 11.7. The van der Waals surface area contributed by atoms with Crippen LogP contribution in [0.15, 0.2) is 0 Å². The zero-order chi connectivity index (χ0) is 14.8. The first kappa shape index (κ1) is 15.0. The molecular weight excluding hydrogens is 246 g/mol. The van der Waals surface area contributed by atoms with Gasteiger partial charge in [-0.15, -0.1) is 0 Å². The van der Waals surface area contributed by atoms with Crippen LogP contribution in [0, 0.1) is 0 Å². The predicted molar refractivity (Wildman–Crippen MR) is 72.4 cm³/mol. The van der Waals surface area contributed by atoms with Crippen LogP contribution in [0.25, 0.3) is 0 Å². The molecule has 0 aliphatic carbocycles. The summed E-state index contributed by atoms with van der Waals surface area (Å²) in [7, 11) is 1.66. The van der Waals surface area contributed by atoms with Gasteiger partial charge in [0.05, 0.1) is 11.4 Å². The first-order valence-electron chi connectivity index (χ1n) is 6.10. The summed E-state index contributed by atoms with van der Waals surface area (Å²) in [5.74, 6) is -0.837. The molecule has 1 rings (SSSR count). The number of nitrogens with one attached hydrogen (secondary N) is 1. The van der Waals surface area contributed by atoms with Crippen LogP contribution in [0.5, 0.6) is 0 Å². The molecule has 1 aromatic heterocycles. The lowest BCUT2D eigenvalue weighted by molar-refractivity contribution is -0.119. The maximum absolute atomic E-state index is 12.2. The van der Waals surface area contributed by atoms with Crippen molar-refractivity contribution in [3.63, 3.8) is 0 Å². The number of primary amides is 1. The number of anilines is 1. The van der Waals surface area contributed by atoms with Gasteiger partial charge in [0.2, 0.25) is 5.91 Å². The van der Waals surface area contributed by atoms with E-state index >= 15 is 0 Å². The van der Waals surface area contributed by atoms with E-state index in [1.54, 1.807) is 20.9 Å². The predicted octanol–water partition coefficient (Wildman–Crippen LogP) is -0.0515. The fraction of sp³-hybridized carbons (Fsp3) is 0.583. The first-order valence-corrected chi connectivity index (χ1v) is 6.10. The van der Waals surface area contributed by atoms with E-state index in [0.29, 0.717) is 23.5 Å². The molecular formula is C12H21N5O2. The number of amides is 2. The third-order valence-electron chi connectivity index (χ3n) is 2.78. The van der Waals surface area contributed by atoms with Gasteiger partial charge >= 0.3 is 0 Å². The molecule has 0 aliphatic heterocycles. The minimum absolute atomic E-state index is 0.0527. The van der Waals surface area contributed by atoms with Gasteiger partial charge in [-0.2, -0.15) is 5.10 Å². The van der Waals surface area contributed by atoms with Crippen molar-refractivity contribution in [2.45, 2.75) is 39.2 Å². The monoisotopic (exact) mass is 267 g/mol. The number of aromatic nitrogens is 2. The molecule has 0 unspecified atom stereocenters. The molecule has 0 aliphatic rings. The SMILES string of the molecule is CCc1nn(C)c(C(=O)NC(C)(C)CC(N)=O)c1N. The quantitative estimate of drug-likeness (QED) is 0.693. The Balaban J connectivity index is 2.96. The zero-order valence-corrected chi connectivity index (χ0v) is 11.8. The van der Waals surface area contributed by atoms with Crippen LogP contribution in [0.2, 0.25) is 0 Å². The van der Waals surface area contributed by atoms with Gasteiger partial charge in [-0.3, -0.25) is 14.3 Å². The van der Waals surface area contributed by atoms with Crippen molar-refractivity contribution in [1.29, 1.82) is 0 Å². The van der Waals surface area contributed by atoms with E-state index < -0.39 is 11.4 Å². The summed E-state index contributed by atoms with van der Waals surface area (Å²) in [6, 6.07) is 0. The van der Waals surface area contributed by atoms with Crippen LogP contribution < -0.4 is 16.8 Å². The lowest BCUT2D eigenvalue weighted by Gasteiger charge is -2.24. The van der Waals surface area contributed by atoms with E-state index in [2.05, 4.69) is 10.4 Å². The van der Waals surface area contributed by atoms with Crippen molar-refractivity contribution in [3.05, 3.63) is 11.4 Å². The van der Waals surface area contributed by atoms with Crippen molar-refractivity contribution in [3.8, 4) is 0 Å². The zero-order valence-electron chi connectivity index (χ0n) is 11.8. The molecule has 0 aromatic carbocycles. The molecule has 2 amide bonds. The summed E-state index contributed by atoms with van der Waals surface area (Å²) in [6.07, 6.45) is 0.703. The highest BCUT2D eigenvalue weighted by Crippen LogP contribution is 2.18. The van der Waals surface area contributed by atoms with Crippen molar-refractivity contribution < 1.29 is 9.59 Å². The molecule has 1 aromatic rings. The van der Waals surface area contributed by atoms with Gasteiger partial charge in [0.1, 0.15) is 5.69 Å². The second-order valence-electron chi connectivity index (χ2n) is 5.17. The first-order chi connectivity index (χ1) is 8.68. The van der Waals surface area contributed by atoms with Crippen molar-refractivity contribution in [2.24, 2.45) is 12.8 Å². The van der Waals surface area contributed by atoms with Crippen LogP contribution in [0.1, 0.15) is 43.4 Å². The van der Waals surface area contributed by atoms with Gasteiger partial charge in [0.25, 0.3) is 5.91 Å². The summed E-state index contributed by atoms with van der Waals surface area (Å²) in [4.78, 5) is 23.2. The molecule has 5 N–H and O–H groups in total. The van der Waals surface area contributed by atoms with E-state index in [1.165, 1.54) is 4.68 Å². The number of carbonyl (C=O) groups is 2. The van der Waals surface area contributed by atoms with Crippen LogP contribution in [-0.4, -0.2) is 27.1 Å². The highest BCUT2D eigenvalue weighted by molar-refractivity contribution is 5.98. The summed E-state index contributed by atoms with van der Waals surface area (Å²) >= 11 is 0. The van der Waals surface area contributed by atoms with E-state index in [0.717, 1.165) is 0 Å². The Kier molecular flexibility index (Phi) is 4.18. The number of rotatable bonds is 5. The third-order valence-corrected chi connectivity index (χ3v) is 2.78. The molecule has 0 saturated carbocycles. The van der Waals surface area contributed by atoms with Gasteiger partial charge in [-0.25, -0.2) is 0 Å². The smallest absolute Gasteiger partial charge is 0.272 e. The average Bonchev–Trinajstić information content (AvgIpc) is 2.50. The van der Waals surface area contributed by atoms with Crippen molar-refractivity contribution in [1.82, 2.24) is 15.1 Å². The van der Waals surface area contributed by atoms with E-state index in [1.807, 2.05) is 6.92 Å². The highest BCUT2D eigenvalue weighted by Gasteiger charge is 2.27. The average molecular weight is 267 g/mol. The second-order valence-corrected chi connectivity index (χ2v) is 5.17. The highest BCUT2D eigenvalue weighted by atomic mass is 16.2. The Labute approximate surface area is 112 Å². The number of nitrogen functional groups attached to an aromatic ring is 1. The second kappa shape index (κ2) is 5.29. The minimum atomic E-state index is -0.730. The Bertz CT molecular complexity index is 504. The molecule has 0 radical (unpaired) electrons. The van der Waals surface area contributed by atoms with Gasteiger partial charge in [-0.1, -0.05) is 6.92 Å². The van der Waals surface area contributed by atoms with Crippen LogP contribution in [0.3, 0.4) is 0 Å². The lowest BCUT2D eigenvalue weighted by atomic mass is 10.00. The number of aryl methyl sites for hydroxylation is 2. The normalized spacial score (nSPS) is 11.4. The van der Waals surface area contributed by atoms with Crippen molar-refractivity contribution >= 4 is 17.5 Å². The van der Waals surface area contributed by atoms with Crippen LogP contribution in [0.4, 0.5) is 5.69 Å². The molecule has 0 fully saturated rings. The number of hydrogen-bond acceptors (Lipinski definition) is 4. The lowest BCUT2D eigenvalue weighted by Crippen LogP contribution is -2.46.